The Kier molecular flexibility index (Phi) is 4.40. The number of carbonyl (C=O) groups is 1. The molecule has 2 rings (SSSR count). The van der Waals surface area contributed by atoms with Crippen LogP contribution in [0.25, 0.3) is 0 Å². The summed E-state index contributed by atoms with van der Waals surface area (Å²) in [6, 6.07) is 3.40. The normalized spacial score (nSPS) is 10.3. The number of nitrogens with one attached hydrogen (secondary N) is 1. The van der Waals surface area contributed by atoms with Gasteiger partial charge in [0.1, 0.15) is 0 Å². The summed E-state index contributed by atoms with van der Waals surface area (Å²) in [4.78, 5) is 19.5. The maximum atomic E-state index is 11.7. The number of anilines is 2. The second kappa shape index (κ2) is 6.03. The van der Waals surface area contributed by atoms with E-state index >= 15 is 0 Å². The molecule has 0 aliphatic carbocycles. The van der Waals surface area contributed by atoms with E-state index in [1.807, 2.05) is 0 Å². The lowest BCUT2D eigenvalue weighted by Gasteiger charge is -2.05. The van der Waals surface area contributed by atoms with Crippen LogP contribution in [-0.2, 0) is 4.79 Å². The average Bonchev–Trinajstić information content (AvgIpc) is 2.76. The number of hydrogen-bond donors (Lipinski definition) is 2. The molecule has 0 unspecified atom stereocenters. The van der Waals surface area contributed by atoms with E-state index in [1.165, 1.54) is 23.1 Å². The van der Waals surface area contributed by atoms with Crippen LogP contribution < -0.4 is 11.1 Å². The molecule has 1 amide bonds. The highest BCUT2D eigenvalue weighted by atomic mass is 35.5. The molecule has 8 heteroatoms. The highest BCUT2D eigenvalue weighted by molar-refractivity contribution is 8.01. The molecule has 0 aliphatic rings. The first-order valence-electron chi connectivity index (χ1n) is 4.89. The summed E-state index contributed by atoms with van der Waals surface area (Å²) in [5, 5.41) is 3.46. The molecule has 3 N–H and O–H groups in total. The first-order valence-corrected chi connectivity index (χ1v) is 7.07. The van der Waals surface area contributed by atoms with E-state index in [0.717, 1.165) is 4.21 Å². The van der Waals surface area contributed by atoms with Gasteiger partial charge in [-0.15, -0.1) is 11.8 Å². The van der Waals surface area contributed by atoms with Crippen molar-refractivity contribution in [1.29, 1.82) is 0 Å². The number of carbonyl (C=O) groups excluding carboxylic acids is 1. The molecule has 0 aliphatic heterocycles. The minimum absolute atomic E-state index is 0.151. The van der Waals surface area contributed by atoms with E-state index in [1.54, 1.807) is 24.5 Å². The largest absolute Gasteiger partial charge is 0.375 e. The van der Waals surface area contributed by atoms with Crippen molar-refractivity contribution in [2.45, 2.75) is 4.21 Å². The van der Waals surface area contributed by atoms with Crippen molar-refractivity contribution < 1.29 is 4.79 Å². The standard InChI is InChI=1S/C10H9ClN4OS2/c11-9-6(2-1-3-13-9)15-7(16)5-17-8-4-14-10(12)18-8/h1-4H,5H2,(H2,12,14)(H,15,16). The Morgan fingerprint density at radius 3 is 3.06 bits per heavy atom. The van der Waals surface area contributed by atoms with Crippen LogP contribution in [0.5, 0.6) is 0 Å². The molecule has 0 bridgehead atoms. The SMILES string of the molecule is Nc1ncc(SCC(=O)Nc2cccnc2Cl)s1. The fraction of sp³-hybridized carbons (Fsp3) is 0.100. The van der Waals surface area contributed by atoms with Crippen molar-refractivity contribution >= 4 is 51.4 Å². The van der Waals surface area contributed by atoms with Gasteiger partial charge in [-0.3, -0.25) is 4.79 Å². The predicted molar refractivity (Wildman–Crippen MR) is 75.1 cm³/mol. The van der Waals surface area contributed by atoms with Crippen molar-refractivity contribution in [2.24, 2.45) is 0 Å². The molecule has 0 atom stereocenters. The monoisotopic (exact) mass is 300 g/mol. The van der Waals surface area contributed by atoms with Gasteiger partial charge in [-0.05, 0) is 12.1 Å². The van der Waals surface area contributed by atoms with Crippen molar-refractivity contribution in [1.82, 2.24) is 9.97 Å². The van der Waals surface area contributed by atoms with Gasteiger partial charge in [0.15, 0.2) is 10.3 Å². The minimum Gasteiger partial charge on any atom is -0.375 e. The van der Waals surface area contributed by atoms with Gasteiger partial charge in [0.25, 0.3) is 0 Å². The van der Waals surface area contributed by atoms with E-state index < -0.39 is 0 Å². The second-order valence-corrected chi connectivity index (χ2v) is 5.89. The summed E-state index contributed by atoms with van der Waals surface area (Å²) in [5.41, 5.74) is 6.00. The minimum atomic E-state index is -0.151. The zero-order valence-corrected chi connectivity index (χ0v) is 11.5. The first-order chi connectivity index (χ1) is 8.65. The lowest BCUT2D eigenvalue weighted by Crippen LogP contribution is -2.14. The molecule has 0 spiro atoms. The molecule has 2 aromatic heterocycles. The van der Waals surface area contributed by atoms with Crippen LogP contribution >= 0.6 is 34.7 Å². The van der Waals surface area contributed by atoms with Gasteiger partial charge in [-0.2, -0.15) is 0 Å². The summed E-state index contributed by atoms with van der Waals surface area (Å²) in [7, 11) is 0. The lowest BCUT2D eigenvalue weighted by molar-refractivity contribution is -0.113. The molecular formula is C10H9ClN4OS2. The third-order valence-electron chi connectivity index (χ3n) is 1.88. The predicted octanol–water partition coefficient (Wildman–Crippen LogP) is 2.50. The number of halogens is 1. The Labute approximate surface area is 117 Å². The number of amides is 1. The number of nitrogens with two attached hydrogens (primary N) is 1. The van der Waals surface area contributed by atoms with Crippen molar-refractivity contribution in [3.05, 3.63) is 29.7 Å². The van der Waals surface area contributed by atoms with Gasteiger partial charge >= 0.3 is 0 Å². The highest BCUT2D eigenvalue weighted by Crippen LogP contribution is 2.26. The summed E-state index contributed by atoms with van der Waals surface area (Å²) in [5.74, 6) is 0.120. The molecule has 2 heterocycles. The van der Waals surface area contributed by atoms with E-state index in [9.17, 15) is 4.79 Å². The topological polar surface area (TPSA) is 80.9 Å². The summed E-state index contributed by atoms with van der Waals surface area (Å²) in [6.07, 6.45) is 3.21. The smallest absolute Gasteiger partial charge is 0.234 e. The molecule has 5 nitrogen and oxygen atoms in total. The molecular weight excluding hydrogens is 292 g/mol. The molecule has 0 saturated heterocycles. The van der Waals surface area contributed by atoms with E-state index in [2.05, 4.69) is 15.3 Å². The summed E-state index contributed by atoms with van der Waals surface area (Å²) >= 11 is 8.56. The molecule has 0 radical (unpaired) electrons. The third kappa shape index (κ3) is 3.59. The average molecular weight is 301 g/mol. The Morgan fingerprint density at radius 1 is 1.56 bits per heavy atom. The van der Waals surface area contributed by atoms with E-state index in [-0.39, 0.29) is 16.8 Å². The fourth-order valence-electron chi connectivity index (χ4n) is 1.14. The zero-order chi connectivity index (χ0) is 13.0. The van der Waals surface area contributed by atoms with Gasteiger partial charge in [0, 0.05) is 6.20 Å². The van der Waals surface area contributed by atoms with Crippen LogP contribution in [0, 0.1) is 0 Å². The second-order valence-electron chi connectivity index (χ2n) is 3.20. The number of thioether (sulfide) groups is 1. The van der Waals surface area contributed by atoms with E-state index in [4.69, 9.17) is 17.3 Å². The highest BCUT2D eigenvalue weighted by Gasteiger charge is 2.08. The van der Waals surface area contributed by atoms with Crippen LogP contribution in [-0.4, -0.2) is 21.6 Å². The van der Waals surface area contributed by atoms with Gasteiger partial charge in [-0.1, -0.05) is 22.9 Å². The summed E-state index contributed by atoms with van der Waals surface area (Å²) < 4.78 is 0.903. The van der Waals surface area contributed by atoms with Crippen molar-refractivity contribution in [3.63, 3.8) is 0 Å². The number of hydrogen-bond acceptors (Lipinski definition) is 6. The quantitative estimate of drug-likeness (QED) is 0.670. The third-order valence-corrected chi connectivity index (χ3v) is 4.20. The van der Waals surface area contributed by atoms with Gasteiger partial charge < -0.3 is 11.1 Å². The van der Waals surface area contributed by atoms with Crippen LogP contribution in [0.4, 0.5) is 10.8 Å². The Balaban J connectivity index is 1.88. The fourth-order valence-corrected chi connectivity index (χ4v) is 2.87. The Bertz CT molecular complexity index is 560. The van der Waals surface area contributed by atoms with Gasteiger partial charge in [0.05, 0.1) is 21.8 Å². The Morgan fingerprint density at radius 2 is 2.39 bits per heavy atom. The van der Waals surface area contributed by atoms with Crippen molar-refractivity contribution in [3.8, 4) is 0 Å². The van der Waals surface area contributed by atoms with Crippen LogP contribution in [0.1, 0.15) is 0 Å². The molecule has 0 aromatic carbocycles. The van der Waals surface area contributed by atoms with Crippen LogP contribution in [0.15, 0.2) is 28.7 Å². The number of aromatic nitrogens is 2. The zero-order valence-electron chi connectivity index (χ0n) is 9.09. The first kappa shape index (κ1) is 13.1. The number of rotatable bonds is 4. The van der Waals surface area contributed by atoms with Gasteiger partial charge in [-0.25, -0.2) is 9.97 Å². The molecule has 2 aromatic rings. The van der Waals surface area contributed by atoms with Crippen LogP contribution in [0.3, 0.4) is 0 Å². The molecule has 0 fully saturated rings. The molecule has 0 saturated carbocycles. The number of nitrogens with zero attached hydrogens (tertiary/aromatic N) is 2. The summed E-state index contributed by atoms with van der Waals surface area (Å²) in [6.45, 7) is 0. The maximum Gasteiger partial charge on any atom is 0.234 e. The van der Waals surface area contributed by atoms with Crippen LogP contribution in [0.2, 0.25) is 5.15 Å². The number of nitrogen functional groups attached to an aromatic ring is 1. The Hall–Kier alpha value is -1.31. The molecule has 18 heavy (non-hydrogen) atoms. The number of thiazole rings is 1. The lowest BCUT2D eigenvalue weighted by atomic mass is 10.4. The number of pyridine rings is 1. The van der Waals surface area contributed by atoms with Crippen molar-refractivity contribution in [2.75, 3.05) is 16.8 Å². The maximum absolute atomic E-state index is 11.7. The van der Waals surface area contributed by atoms with Gasteiger partial charge in [0.2, 0.25) is 5.91 Å². The molecule has 94 valence electrons. The van der Waals surface area contributed by atoms with E-state index in [0.29, 0.717) is 10.8 Å².